The first kappa shape index (κ1) is 19.1. The van der Waals surface area contributed by atoms with Crippen molar-refractivity contribution in [3.63, 3.8) is 0 Å². The SMILES string of the molecule is CCOc1ccccc1OC1CCN([C@@H](C)C(=O)NC(=O)NC)CC1. The largest absolute Gasteiger partial charge is 0.490 e. The van der Waals surface area contributed by atoms with Gasteiger partial charge in [0.1, 0.15) is 6.10 Å². The first-order valence-electron chi connectivity index (χ1n) is 8.70. The van der Waals surface area contributed by atoms with Crippen LogP contribution in [-0.2, 0) is 4.79 Å². The van der Waals surface area contributed by atoms with Crippen molar-refractivity contribution < 1.29 is 19.1 Å². The topological polar surface area (TPSA) is 79.9 Å². The van der Waals surface area contributed by atoms with Crippen molar-refractivity contribution in [2.75, 3.05) is 26.7 Å². The highest BCUT2D eigenvalue weighted by Gasteiger charge is 2.28. The summed E-state index contributed by atoms with van der Waals surface area (Å²) in [5.74, 6) is 1.22. The van der Waals surface area contributed by atoms with Gasteiger partial charge in [-0.15, -0.1) is 0 Å². The van der Waals surface area contributed by atoms with E-state index < -0.39 is 6.03 Å². The number of piperidine rings is 1. The number of ether oxygens (including phenoxy) is 2. The Bertz CT molecular complexity index is 585. The van der Waals surface area contributed by atoms with Gasteiger partial charge in [-0.1, -0.05) is 12.1 Å². The summed E-state index contributed by atoms with van der Waals surface area (Å²) < 4.78 is 11.7. The highest BCUT2D eigenvalue weighted by atomic mass is 16.5. The van der Waals surface area contributed by atoms with E-state index in [1.54, 1.807) is 0 Å². The molecular formula is C18H27N3O4. The van der Waals surface area contributed by atoms with Crippen LogP contribution in [0.2, 0.25) is 0 Å². The summed E-state index contributed by atoms with van der Waals surface area (Å²) in [5.41, 5.74) is 0. The Labute approximate surface area is 148 Å². The second-order valence-electron chi connectivity index (χ2n) is 5.98. The van der Waals surface area contributed by atoms with Crippen molar-refractivity contribution in [1.82, 2.24) is 15.5 Å². The number of likely N-dealkylation sites (tertiary alicyclic amines) is 1. The average Bonchev–Trinajstić information content (AvgIpc) is 2.63. The van der Waals surface area contributed by atoms with Crippen LogP contribution in [0, 0.1) is 0 Å². The van der Waals surface area contributed by atoms with Gasteiger partial charge in [-0.2, -0.15) is 0 Å². The van der Waals surface area contributed by atoms with Gasteiger partial charge in [0, 0.05) is 20.1 Å². The molecule has 138 valence electrons. The zero-order valence-corrected chi connectivity index (χ0v) is 15.1. The Morgan fingerprint density at radius 3 is 2.48 bits per heavy atom. The zero-order valence-electron chi connectivity index (χ0n) is 15.1. The Kier molecular flexibility index (Phi) is 7.06. The number of benzene rings is 1. The number of nitrogens with zero attached hydrogens (tertiary/aromatic N) is 1. The number of rotatable bonds is 6. The number of nitrogens with one attached hydrogen (secondary N) is 2. The molecule has 0 bridgehead atoms. The lowest BCUT2D eigenvalue weighted by Crippen LogP contribution is -2.52. The van der Waals surface area contributed by atoms with Crippen molar-refractivity contribution >= 4 is 11.9 Å². The predicted molar refractivity (Wildman–Crippen MR) is 94.9 cm³/mol. The van der Waals surface area contributed by atoms with Crippen molar-refractivity contribution in [3.05, 3.63) is 24.3 Å². The molecule has 7 nitrogen and oxygen atoms in total. The van der Waals surface area contributed by atoms with Gasteiger partial charge in [-0.3, -0.25) is 15.0 Å². The Hall–Kier alpha value is -2.28. The summed E-state index contributed by atoms with van der Waals surface area (Å²) >= 11 is 0. The molecule has 2 N–H and O–H groups in total. The molecule has 0 radical (unpaired) electrons. The summed E-state index contributed by atoms with van der Waals surface area (Å²) in [7, 11) is 1.48. The van der Waals surface area contributed by atoms with Crippen molar-refractivity contribution in [2.45, 2.75) is 38.8 Å². The number of imide groups is 1. The van der Waals surface area contributed by atoms with Gasteiger partial charge >= 0.3 is 6.03 Å². The Morgan fingerprint density at radius 1 is 1.24 bits per heavy atom. The van der Waals surface area contributed by atoms with Crippen LogP contribution in [0.1, 0.15) is 26.7 Å². The van der Waals surface area contributed by atoms with Crippen LogP contribution < -0.4 is 20.1 Å². The number of carbonyl (C=O) groups excluding carboxylic acids is 2. The molecule has 25 heavy (non-hydrogen) atoms. The van der Waals surface area contributed by atoms with E-state index in [4.69, 9.17) is 9.47 Å². The maximum Gasteiger partial charge on any atom is 0.321 e. The summed E-state index contributed by atoms with van der Waals surface area (Å²) in [6, 6.07) is 6.83. The normalized spacial score (nSPS) is 16.8. The molecule has 0 aromatic heterocycles. The van der Waals surface area contributed by atoms with Crippen LogP contribution in [0.4, 0.5) is 4.79 Å². The fourth-order valence-corrected chi connectivity index (χ4v) is 2.83. The highest BCUT2D eigenvalue weighted by Crippen LogP contribution is 2.29. The Balaban J connectivity index is 1.85. The van der Waals surface area contributed by atoms with Gasteiger partial charge in [-0.25, -0.2) is 4.79 Å². The molecule has 1 saturated heterocycles. The summed E-state index contributed by atoms with van der Waals surface area (Å²) in [6.07, 6.45) is 1.72. The second-order valence-corrected chi connectivity index (χ2v) is 5.98. The third-order valence-electron chi connectivity index (χ3n) is 4.31. The molecule has 0 aliphatic carbocycles. The standard InChI is InChI=1S/C18H27N3O4/c1-4-24-15-7-5-6-8-16(15)25-14-9-11-21(12-10-14)13(2)17(22)20-18(23)19-3/h5-8,13-14H,4,9-12H2,1-3H3,(H2,19,20,22,23)/t13-/m0/s1. The minimum atomic E-state index is -0.484. The van der Waals surface area contributed by atoms with Gasteiger partial charge in [0.2, 0.25) is 5.91 Å². The molecule has 7 heteroatoms. The van der Waals surface area contributed by atoms with Crippen LogP contribution in [-0.4, -0.2) is 55.7 Å². The van der Waals surface area contributed by atoms with E-state index in [1.807, 2.05) is 38.1 Å². The molecule has 1 aliphatic rings. The molecule has 3 amide bonds. The van der Waals surface area contributed by atoms with E-state index >= 15 is 0 Å². The van der Waals surface area contributed by atoms with Gasteiger partial charge in [-0.05, 0) is 38.8 Å². The summed E-state index contributed by atoms with van der Waals surface area (Å²) in [4.78, 5) is 25.4. The zero-order chi connectivity index (χ0) is 18.2. The Morgan fingerprint density at radius 2 is 1.88 bits per heavy atom. The van der Waals surface area contributed by atoms with Crippen LogP contribution in [0.5, 0.6) is 11.5 Å². The van der Waals surface area contributed by atoms with Crippen molar-refractivity contribution in [2.24, 2.45) is 0 Å². The van der Waals surface area contributed by atoms with E-state index in [-0.39, 0.29) is 18.1 Å². The molecule has 1 aliphatic heterocycles. The summed E-state index contributed by atoms with van der Waals surface area (Å²) in [5, 5.41) is 4.70. The van der Waals surface area contributed by atoms with Crippen molar-refractivity contribution in [3.8, 4) is 11.5 Å². The van der Waals surface area contributed by atoms with Gasteiger partial charge < -0.3 is 14.8 Å². The molecule has 2 rings (SSSR count). The van der Waals surface area contributed by atoms with Crippen LogP contribution in [0.3, 0.4) is 0 Å². The molecule has 0 saturated carbocycles. The molecule has 1 fully saturated rings. The molecular weight excluding hydrogens is 322 g/mol. The predicted octanol–water partition coefficient (Wildman–Crippen LogP) is 1.77. The average molecular weight is 349 g/mol. The lowest BCUT2D eigenvalue weighted by Gasteiger charge is -2.35. The number of para-hydroxylation sites is 2. The lowest BCUT2D eigenvalue weighted by atomic mass is 10.1. The lowest BCUT2D eigenvalue weighted by molar-refractivity contribution is -0.125. The molecule has 0 unspecified atom stereocenters. The van der Waals surface area contributed by atoms with E-state index in [2.05, 4.69) is 15.5 Å². The van der Waals surface area contributed by atoms with Crippen molar-refractivity contribution in [1.29, 1.82) is 0 Å². The number of carbonyl (C=O) groups is 2. The van der Waals surface area contributed by atoms with Crippen LogP contribution in [0.15, 0.2) is 24.3 Å². The molecule has 1 atom stereocenters. The fraction of sp³-hybridized carbons (Fsp3) is 0.556. The van der Waals surface area contributed by atoms with E-state index in [0.717, 1.165) is 37.4 Å². The maximum absolute atomic E-state index is 12.0. The third kappa shape index (κ3) is 5.35. The van der Waals surface area contributed by atoms with Gasteiger partial charge in [0.15, 0.2) is 11.5 Å². The van der Waals surface area contributed by atoms with E-state index in [1.165, 1.54) is 7.05 Å². The van der Waals surface area contributed by atoms with Gasteiger partial charge in [0.05, 0.1) is 12.6 Å². The van der Waals surface area contributed by atoms with E-state index in [0.29, 0.717) is 6.61 Å². The molecule has 1 aromatic carbocycles. The highest BCUT2D eigenvalue weighted by molar-refractivity contribution is 5.96. The monoisotopic (exact) mass is 349 g/mol. The number of hydrogen-bond donors (Lipinski definition) is 2. The minimum absolute atomic E-state index is 0.0899. The van der Waals surface area contributed by atoms with Gasteiger partial charge in [0.25, 0.3) is 0 Å². The van der Waals surface area contributed by atoms with Crippen LogP contribution in [0.25, 0.3) is 0 Å². The molecule has 0 spiro atoms. The first-order chi connectivity index (χ1) is 12.0. The minimum Gasteiger partial charge on any atom is -0.490 e. The number of hydrogen-bond acceptors (Lipinski definition) is 5. The fourth-order valence-electron chi connectivity index (χ4n) is 2.83. The smallest absolute Gasteiger partial charge is 0.321 e. The number of amides is 3. The van der Waals surface area contributed by atoms with Crippen LogP contribution >= 0.6 is 0 Å². The number of urea groups is 1. The molecule has 1 heterocycles. The maximum atomic E-state index is 12.0. The van der Waals surface area contributed by atoms with E-state index in [9.17, 15) is 9.59 Å². The summed E-state index contributed by atoms with van der Waals surface area (Å²) in [6.45, 7) is 5.83. The first-order valence-corrected chi connectivity index (χ1v) is 8.70. The molecule has 1 aromatic rings. The third-order valence-corrected chi connectivity index (χ3v) is 4.31. The second kappa shape index (κ2) is 9.27. The quantitative estimate of drug-likeness (QED) is 0.818.